The molecule has 21 heavy (non-hydrogen) atoms. The largest absolute Gasteiger partial charge is 0.332 e. The van der Waals surface area contributed by atoms with Gasteiger partial charge in [0.2, 0.25) is 0 Å². The van der Waals surface area contributed by atoms with Crippen molar-refractivity contribution in [1.29, 1.82) is 0 Å². The van der Waals surface area contributed by atoms with Gasteiger partial charge in [-0.3, -0.25) is 14.8 Å². The Balaban J connectivity index is 2.34. The number of aromatic nitrogens is 2. The van der Waals surface area contributed by atoms with Crippen LogP contribution in [0.4, 0.5) is 0 Å². The van der Waals surface area contributed by atoms with E-state index in [2.05, 4.69) is 16.9 Å². The summed E-state index contributed by atoms with van der Waals surface area (Å²) >= 11 is 0. The fourth-order valence-electron chi connectivity index (χ4n) is 2.59. The number of carbonyl (C=O) groups is 1. The summed E-state index contributed by atoms with van der Waals surface area (Å²) in [6.45, 7) is 6.63. The molecule has 110 valence electrons. The zero-order valence-electron chi connectivity index (χ0n) is 12.8. The minimum Gasteiger partial charge on any atom is -0.332 e. The summed E-state index contributed by atoms with van der Waals surface area (Å²) in [6, 6.07) is 7.65. The van der Waals surface area contributed by atoms with Crippen molar-refractivity contribution in [2.75, 3.05) is 6.54 Å². The predicted molar refractivity (Wildman–Crippen MR) is 83.0 cm³/mol. The molecule has 0 radical (unpaired) electrons. The molecule has 0 fully saturated rings. The van der Waals surface area contributed by atoms with Gasteiger partial charge in [-0.1, -0.05) is 6.92 Å². The molecule has 4 nitrogen and oxygen atoms in total. The standard InChI is InChI=1S/C17H21N3O/c1-4-16(14-8-11-18-12-9-14)20(5-2)17(21)15-7-6-10-19-13(15)3/h6-12,16H,4-5H2,1-3H3. The van der Waals surface area contributed by atoms with E-state index in [4.69, 9.17) is 0 Å². The molecule has 4 heteroatoms. The summed E-state index contributed by atoms with van der Waals surface area (Å²) in [5.41, 5.74) is 2.56. The smallest absolute Gasteiger partial charge is 0.256 e. The Morgan fingerprint density at radius 2 is 1.90 bits per heavy atom. The van der Waals surface area contributed by atoms with Gasteiger partial charge in [0.15, 0.2) is 0 Å². The third kappa shape index (κ3) is 3.27. The first-order valence-electron chi connectivity index (χ1n) is 7.31. The van der Waals surface area contributed by atoms with Gasteiger partial charge in [-0.15, -0.1) is 0 Å². The Kier molecular flexibility index (Phi) is 5.04. The maximum atomic E-state index is 12.8. The summed E-state index contributed by atoms with van der Waals surface area (Å²) in [7, 11) is 0. The van der Waals surface area contributed by atoms with Crippen LogP contribution in [0.25, 0.3) is 0 Å². The monoisotopic (exact) mass is 283 g/mol. The Hall–Kier alpha value is -2.23. The SMILES string of the molecule is CCC(c1ccncc1)N(CC)C(=O)c1cccnc1C. The predicted octanol–water partition coefficient (Wildman–Crippen LogP) is 3.40. The average molecular weight is 283 g/mol. The number of aryl methyl sites for hydroxylation is 1. The second-order valence-corrected chi connectivity index (χ2v) is 4.93. The van der Waals surface area contributed by atoms with Crippen LogP contribution in [0.1, 0.15) is 47.9 Å². The van der Waals surface area contributed by atoms with Crippen LogP contribution in [0.3, 0.4) is 0 Å². The fourth-order valence-corrected chi connectivity index (χ4v) is 2.59. The van der Waals surface area contributed by atoms with Crippen molar-refractivity contribution in [3.05, 3.63) is 59.7 Å². The van der Waals surface area contributed by atoms with E-state index < -0.39 is 0 Å². The van der Waals surface area contributed by atoms with Crippen molar-refractivity contribution >= 4 is 5.91 Å². The van der Waals surface area contributed by atoms with Gasteiger partial charge in [0.1, 0.15) is 0 Å². The fraction of sp³-hybridized carbons (Fsp3) is 0.353. The average Bonchev–Trinajstić information content (AvgIpc) is 2.53. The number of amides is 1. The van der Waals surface area contributed by atoms with E-state index >= 15 is 0 Å². The van der Waals surface area contributed by atoms with Crippen molar-refractivity contribution in [3.8, 4) is 0 Å². The molecule has 0 aliphatic rings. The molecule has 2 aromatic rings. The molecule has 0 aromatic carbocycles. The lowest BCUT2D eigenvalue weighted by atomic mass is 10.0. The molecule has 0 saturated heterocycles. The minimum absolute atomic E-state index is 0.0340. The summed E-state index contributed by atoms with van der Waals surface area (Å²) in [5.74, 6) is 0.0340. The Bertz CT molecular complexity index is 598. The van der Waals surface area contributed by atoms with Gasteiger partial charge in [0, 0.05) is 30.8 Å². The number of carbonyl (C=O) groups excluding carboxylic acids is 1. The van der Waals surface area contributed by atoms with Gasteiger partial charge < -0.3 is 4.90 Å². The summed E-state index contributed by atoms with van der Waals surface area (Å²) in [4.78, 5) is 23.0. The van der Waals surface area contributed by atoms with Crippen LogP contribution in [-0.4, -0.2) is 27.3 Å². The highest BCUT2D eigenvalue weighted by atomic mass is 16.2. The summed E-state index contributed by atoms with van der Waals surface area (Å²) < 4.78 is 0. The van der Waals surface area contributed by atoms with E-state index in [-0.39, 0.29) is 11.9 Å². The van der Waals surface area contributed by atoms with Crippen molar-refractivity contribution in [1.82, 2.24) is 14.9 Å². The molecular weight excluding hydrogens is 262 g/mol. The van der Waals surface area contributed by atoms with E-state index in [9.17, 15) is 4.79 Å². The van der Waals surface area contributed by atoms with E-state index in [0.29, 0.717) is 12.1 Å². The normalized spacial score (nSPS) is 12.0. The molecular formula is C17H21N3O. The van der Waals surface area contributed by atoms with E-state index in [1.807, 2.05) is 43.0 Å². The Morgan fingerprint density at radius 1 is 1.19 bits per heavy atom. The van der Waals surface area contributed by atoms with Crippen molar-refractivity contribution in [2.45, 2.75) is 33.2 Å². The van der Waals surface area contributed by atoms with Crippen molar-refractivity contribution in [2.24, 2.45) is 0 Å². The maximum Gasteiger partial charge on any atom is 0.256 e. The highest BCUT2D eigenvalue weighted by molar-refractivity contribution is 5.95. The highest BCUT2D eigenvalue weighted by Crippen LogP contribution is 2.25. The van der Waals surface area contributed by atoms with Crippen LogP contribution in [0.2, 0.25) is 0 Å². The van der Waals surface area contributed by atoms with Gasteiger partial charge >= 0.3 is 0 Å². The van der Waals surface area contributed by atoms with Gasteiger partial charge in [-0.2, -0.15) is 0 Å². The molecule has 0 saturated carbocycles. The van der Waals surface area contributed by atoms with Gasteiger partial charge in [0.25, 0.3) is 5.91 Å². The van der Waals surface area contributed by atoms with E-state index in [1.54, 1.807) is 18.6 Å². The first kappa shape index (κ1) is 15.2. The van der Waals surface area contributed by atoms with Crippen LogP contribution in [0, 0.1) is 6.92 Å². The third-order valence-corrected chi connectivity index (χ3v) is 3.69. The number of pyridine rings is 2. The molecule has 0 bridgehead atoms. The van der Waals surface area contributed by atoms with Crippen LogP contribution in [-0.2, 0) is 0 Å². The van der Waals surface area contributed by atoms with Gasteiger partial charge in [0.05, 0.1) is 11.6 Å². The number of rotatable bonds is 5. The molecule has 1 unspecified atom stereocenters. The van der Waals surface area contributed by atoms with Crippen LogP contribution in [0.5, 0.6) is 0 Å². The Morgan fingerprint density at radius 3 is 2.48 bits per heavy atom. The lowest BCUT2D eigenvalue weighted by molar-refractivity contribution is 0.0681. The van der Waals surface area contributed by atoms with Crippen LogP contribution >= 0.6 is 0 Å². The van der Waals surface area contributed by atoms with Crippen LogP contribution < -0.4 is 0 Å². The van der Waals surface area contributed by atoms with E-state index in [0.717, 1.165) is 17.7 Å². The van der Waals surface area contributed by atoms with Crippen molar-refractivity contribution in [3.63, 3.8) is 0 Å². The molecule has 2 heterocycles. The quantitative estimate of drug-likeness (QED) is 0.845. The summed E-state index contributed by atoms with van der Waals surface area (Å²) in [5, 5.41) is 0. The Labute approximate surface area is 125 Å². The molecule has 2 rings (SSSR count). The number of nitrogens with zero attached hydrogens (tertiary/aromatic N) is 3. The van der Waals surface area contributed by atoms with Crippen LogP contribution in [0.15, 0.2) is 42.9 Å². The van der Waals surface area contributed by atoms with E-state index in [1.165, 1.54) is 0 Å². The third-order valence-electron chi connectivity index (χ3n) is 3.69. The molecule has 0 N–H and O–H groups in total. The number of hydrogen-bond donors (Lipinski definition) is 0. The maximum absolute atomic E-state index is 12.8. The molecule has 2 aromatic heterocycles. The molecule has 0 aliphatic heterocycles. The molecule has 0 spiro atoms. The molecule has 1 atom stereocenters. The minimum atomic E-state index is 0.0340. The zero-order chi connectivity index (χ0) is 15.2. The lowest BCUT2D eigenvalue weighted by Crippen LogP contribution is -2.35. The summed E-state index contributed by atoms with van der Waals surface area (Å²) in [6.07, 6.45) is 6.11. The topological polar surface area (TPSA) is 46.1 Å². The second-order valence-electron chi connectivity index (χ2n) is 4.93. The van der Waals surface area contributed by atoms with Gasteiger partial charge in [-0.25, -0.2) is 0 Å². The number of hydrogen-bond acceptors (Lipinski definition) is 3. The first-order valence-corrected chi connectivity index (χ1v) is 7.31. The lowest BCUT2D eigenvalue weighted by Gasteiger charge is -2.31. The van der Waals surface area contributed by atoms with Gasteiger partial charge in [-0.05, 0) is 50.1 Å². The zero-order valence-corrected chi connectivity index (χ0v) is 12.8. The molecule has 0 aliphatic carbocycles. The first-order chi connectivity index (χ1) is 10.2. The van der Waals surface area contributed by atoms with Crippen molar-refractivity contribution < 1.29 is 4.79 Å². The molecule has 1 amide bonds. The highest BCUT2D eigenvalue weighted by Gasteiger charge is 2.24. The second kappa shape index (κ2) is 6.97.